The molecule has 0 aliphatic rings. The molecule has 3 N–H and O–H groups in total. The first-order valence-electron chi connectivity index (χ1n) is 10.4. The second kappa shape index (κ2) is 12.1. The Balaban J connectivity index is 1.84. The maximum absolute atomic E-state index is 13.2. The molecular weight excluding hydrogens is 563 g/mol. The number of aryl methyl sites for hydroxylation is 1. The minimum absolute atomic E-state index is 0.0401. The van der Waals surface area contributed by atoms with Crippen LogP contribution in [-0.2, 0) is 9.63 Å². The molecule has 0 unspecified atom stereocenters. The number of pyridine rings is 1. The lowest BCUT2D eigenvalue weighted by atomic mass is 10.1. The Hall–Kier alpha value is -2.99. The number of aromatic nitrogens is 3. The average molecular weight is 584 g/mol. The van der Waals surface area contributed by atoms with Gasteiger partial charge in [-0.05, 0) is 59.1 Å². The van der Waals surface area contributed by atoms with Crippen LogP contribution < -0.4 is 16.1 Å². The number of carbonyl (C=O) groups is 3. The van der Waals surface area contributed by atoms with Crippen LogP contribution in [-0.4, -0.2) is 45.6 Å². The van der Waals surface area contributed by atoms with Gasteiger partial charge in [-0.25, -0.2) is 15.1 Å². The van der Waals surface area contributed by atoms with Gasteiger partial charge in [0.25, 0.3) is 11.8 Å². The molecule has 3 amide bonds. The van der Waals surface area contributed by atoms with Gasteiger partial charge < -0.3 is 10.6 Å². The number of nitrogens with one attached hydrogen (secondary N) is 3. The fourth-order valence-electron chi connectivity index (χ4n) is 3.01. The molecule has 35 heavy (non-hydrogen) atoms. The molecule has 0 atom stereocenters. The Morgan fingerprint density at radius 1 is 1.17 bits per heavy atom. The highest BCUT2D eigenvalue weighted by molar-refractivity contribution is 9.10. The summed E-state index contributed by atoms with van der Waals surface area (Å²) < 4.78 is 1.66. The lowest BCUT2D eigenvalue weighted by Gasteiger charge is -2.15. The van der Waals surface area contributed by atoms with E-state index in [-0.39, 0.29) is 40.3 Å². The Bertz CT molecular complexity index is 1270. The van der Waals surface area contributed by atoms with E-state index in [9.17, 15) is 14.4 Å². The second-order valence-electron chi connectivity index (χ2n) is 7.24. The van der Waals surface area contributed by atoms with Crippen LogP contribution in [0.5, 0.6) is 0 Å². The number of hydrogen-bond acceptors (Lipinski definition) is 6. The van der Waals surface area contributed by atoms with Crippen molar-refractivity contribution >= 4 is 62.5 Å². The van der Waals surface area contributed by atoms with Crippen molar-refractivity contribution in [2.24, 2.45) is 0 Å². The van der Waals surface area contributed by atoms with Gasteiger partial charge in [0.2, 0.25) is 5.91 Å². The molecule has 3 aromatic rings. The van der Waals surface area contributed by atoms with Crippen molar-refractivity contribution < 1.29 is 19.2 Å². The molecule has 2 aromatic heterocycles. The lowest BCUT2D eigenvalue weighted by Crippen LogP contribution is -2.33. The molecule has 0 aliphatic carbocycles. The first-order valence-corrected chi connectivity index (χ1v) is 11.9. The molecule has 184 valence electrons. The normalized spacial score (nSPS) is 10.7. The quantitative estimate of drug-likeness (QED) is 0.326. The molecule has 0 radical (unpaired) electrons. The number of halogens is 3. The van der Waals surface area contributed by atoms with Gasteiger partial charge in [-0.15, -0.1) is 0 Å². The van der Waals surface area contributed by atoms with E-state index >= 15 is 0 Å². The van der Waals surface area contributed by atoms with E-state index in [4.69, 9.17) is 28.0 Å². The van der Waals surface area contributed by atoms with Crippen LogP contribution in [0.4, 0.5) is 5.69 Å². The van der Waals surface area contributed by atoms with Crippen LogP contribution in [0.15, 0.2) is 41.1 Å². The number of amides is 3. The van der Waals surface area contributed by atoms with E-state index in [1.807, 2.05) is 6.92 Å². The molecule has 3 rings (SSSR count). The molecule has 2 heterocycles. The van der Waals surface area contributed by atoms with Crippen molar-refractivity contribution in [2.45, 2.75) is 20.3 Å². The summed E-state index contributed by atoms with van der Waals surface area (Å²) in [6.45, 7) is 3.72. The van der Waals surface area contributed by atoms with E-state index in [1.165, 1.54) is 23.0 Å². The Morgan fingerprint density at radius 2 is 1.94 bits per heavy atom. The van der Waals surface area contributed by atoms with E-state index < -0.39 is 11.8 Å². The van der Waals surface area contributed by atoms with Crippen LogP contribution in [0.25, 0.3) is 5.82 Å². The van der Waals surface area contributed by atoms with Crippen molar-refractivity contribution in [3.05, 3.63) is 68.0 Å². The van der Waals surface area contributed by atoms with Crippen molar-refractivity contribution in [3.63, 3.8) is 0 Å². The van der Waals surface area contributed by atoms with Crippen molar-refractivity contribution in [1.82, 2.24) is 25.6 Å². The molecule has 10 nitrogen and oxygen atoms in total. The van der Waals surface area contributed by atoms with Gasteiger partial charge in [0.1, 0.15) is 10.3 Å². The van der Waals surface area contributed by atoms with Crippen LogP contribution >= 0.6 is 39.1 Å². The summed E-state index contributed by atoms with van der Waals surface area (Å²) >= 11 is 15.6. The molecular formula is C22H21BrCl2N6O4. The first-order chi connectivity index (χ1) is 16.7. The Kier molecular flexibility index (Phi) is 9.21. The third kappa shape index (κ3) is 6.79. The molecule has 0 saturated heterocycles. The fraction of sp³-hybridized carbons (Fsp3) is 0.227. The third-order valence-corrected chi connectivity index (χ3v) is 5.48. The number of benzene rings is 1. The number of hydroxylamine groups is 1. The molecule has 0 spiro atoms. The summed E-state index contributed by atoms with van der Waals surface area (Å²) in [5.41, 5.74) is 3.08. The summed E-state index contributed by atoms with van der Waals surface area (Å²) in [5.74, 6) is -1.40. The van der Waals surface area contributed by atoms with E-state index in [1.54, 1.807) is 25.1 Å². The van der Waals surface area contributed by atoms with Gasteiger partial charge in [0, 0.05) is 23.8 Å². The van der Waals surface area contributed by atoms with Crippen LogP contribution in [0.1, 0.15) is 39.8 Å². The number of nitrogens with zero attached hydrogens (tertiary/aromatic N) is 3. The van der Waals surface area contributed by atoms with Gasteiger partial charge in [0.05, 0.1) is 16.3 Å². The van der Waals surface area contributed by atoms with E-state index in [0.717, 1.165) is 6.42 Å². The van der Waals surface area contributed by atoms with Gasteiger partial charge >= 0.3 is 0 Å². The minimum atomic E-state index is -0.698. The van der Waals surface area contributed by atoms with Crippen LogP contribution in [0.3, 0.4) is 0 Å². The summed E-state index contributed by atoms with van der Waals surface area (Å²) in [5, 5.41) is 10.2. The molecule has 0 fully saturated rings. The maximum atomic E-state index is 13.2. The monoisotopic (exact) mass is 582 g/mol. The zero-order valence-electron chi connectivity index (χ0n) is 18.7. The number of rotatable bonds is 9. The zero-order chi connectivity index (χ0) is 25.5. The number of carbonyl (C=O) groups excluding carboxylic acids is 3. The summed E-state index contributed by atoms with van der Waals surface area (Å²) in [6.07, 6.45) is 2.29. The fourth-order valence-corrected chi connectivity index (χ4v) is 3.86. The number of anilines is 1. The highest BCUT2D eigenvalue weighted by Crippen LogP contribution is 2.27. The average Bonchev–Trinajstić information content (AvgIpc) is 3.20. The molecule has 0 bridgehead atoms. The largest absolute Gasteiger partial charge is 0.354 e. The first kappa shape index (κ1) is 26.6. The van der Waals surface area contributed by atoms with Gasteiger partial charge in [-0.1, -0.05) is 30.1 Å². The predicted molar refractivity (Wildman–Crippen MR) is 135 cm³/mol. The van der Waals surface area contributed by atoms with Gasteiger partial charge in [-0.3, -0.25) is 19.2 Å². The molecule has 0 aliphatic heterocycles. The highest BCUT2D eigenvalue weighted by Gasteiger charge is 2.22. The molecule has 13 heteroatoms. The Morgan fingerprint density at radius 3 is 2.66 bits per heavy atom. The summed E-state index contributed by atoms with van der Waals surface area (Å²) in [6, 6.07) is 7.74. The van der Waals surface area contributed by atoms with Gasteiger partial charge in [-0.2, -0.15) is 5.10 Å². The summed E-state index contributed by atoms with van der Waals surface area (Å²) in [7, 11) is 0. The van der Waals surface area contributed by atoms with Crippen LogP contribution in [0, 0.1) is 6.92 Å². The highest BCUT2D eigenvalue weighted by atomic mass is 79.9. The van der Waals surface area contributed by atoms with E-state index in [2.05, 4.69) is 42.1 Å². The van der Waals surface area contributed by atoms with Gasteiger partial charge in [0.15, 0.2) is 12.4 Å². The SMILES string of the molecule is CCCNC(=O)CONC(=O)c1cc(Cl)cc(C)c1NC(=O)c1cc(Br)nn1-c1ncccc1Cl. The topological polar surface area (TPSA) is 127 Å². The third-order valence-electron chi connectivity index (χ3n) is 4.58. The molecule has 1 aromatic carbocycles. The van der Waals surface area contributed by atoms with E-state index in [0.29, 0.717) is 21.7 Å². The zero-order valence-corrected chi connectivity index (χ0v) is 21.8. The lowest BCUT2D eigenvalue weighted by molar-refractivity contribution is -0.127. The standard InChI is InChI=1S/C22H21BrCl2N6O4/c1-3-6-26-18(32)11-35-30-21(33)14-9-13(24)8-12(2)19(14)28-22(34)16-10-17(23)29-31(16)20-15(25)5-4-7-27-20/h4-5,7-10H,3,6,11H2,1-2H3,(H,26,32)(H,28,34)(H,30,33). The Labute approximate surface area is 219 Å². The van der Waals surface area contributed by atoms with Crippen LogP contribution in [0.2, 0.25) is 10.0 Å². The van der Waals surface area contributed by atoms with Crippen molar-refractivity contribution in [3.8, 4) is 5.82 Å². The maximum Gasteiger partial charge on any atom is 0.277 e. The molecule has 0 saturated carbocycles. The summed E-state index contributed by atoms with van der Waals surface area (Å²) in [4.78, 5) is 46.9. The van der Waals surface area contributed by atoms with Crippen molar-refractivity contribution in [2.75, 3.05) is 18.5 Å². The predicted octanol–water partition coefficient (Wildman–Crippen LogP) is 4.08. The second-order valence-corrected chi connectivity index (χ2v) is 8.90. The smallest absolute Gasteiger partial charge is 0.277 e. The van der Waals surface area contributed by atoms with Crippen molar-refractivity contribution in [1.29, 1.82) is 0 Å². The minimum Gasteiger partial charge on any atom is -0.354 e. The number of hydrogen-bond donors (Lipinski definition) is 3.